The van der Waals surface area contributed by atoms with E-state index in [0.717, 1.165) is 18.2 Å². The molecule has 1 aromatic carbocycles. The summed E-state index contributed by atoms with van der Waals surface area (Å²) in [7, 11) is 0. The summed E-state index contributed by atoms with van der Waals surface area (Å²) >= 11 is 0. The van der Waals surface area contributed by atoms with E-state index in [-0.39, 0.29) is 11.1 Å². The summed E-state index contributed by atoms with van der Waals surface area (Å²) in [5, 5.41) is 0. The van der Waals surface area contributed by atoms with E-state index in [0.29, 0.717) is 0 Å². The van der Waals surface area contributed by atoms with Gasteiger partial charge in [0.2, 0.25) is 0 Å². The summed E-state index contributed by atoms with van der Waals surface area (Å²) in [5.74, 6) is -0.545. The molecule has 0 saturated heterocycles. The number of hydrogen-bond donors (Lipinski definition) is 1. The van der Waals surface area contributed by atoms with Gasteiger partial charge >= 0.3 is 0 Å². The Kier molecular flexibility index (Phi) is 2.93. The second kappa shape index (κ2) is 3.79. The average molecular weight is 189 g/mol. The molecule has 0 aromatic heterocycles. The van der Waals surface area contributed by atoms with Crippen LogP contribution in [0.15, 0.2) is 18.2 Å². The van der Waals surface area contributed by atoms with Crippen molar-refractivity contribution in [3.05, 3.63) is 35.1 Å². The zero-order valence-electron chi connectivity index (χ0n) is 7.10. The van der Waals surface area contributed by atoms with Crippen LogP contribution in [0.4, 0.5) is 13.2 Å². The van der Waals surface area contributed by atoms with E-state index in [1.807, 2.05) is 0 Å². The minimum atomic E-state index is -2.61. The van der Waals surface area contributed by atoms with Crippen molar-refractivity contribution in [3.8, 4) is 0 Å². The number of benzene rings is 1. The molecular weight excluding hydrogens is 179 g/mol. The molecule has 1 aromatic rings. The van der Waals surface area contributed by atoms with Crippen LogP contribution in [-0.2, 0) is 0 Å². The SMILES string of the molecule is C[C@H](N)c1cc(F)ccc1C(F)F. The fourth-order valence-electron chi connectivity index (χ4n) is 1.14. The van der Waals surface area contributed by atoms with Gasteiger partial charge in [0.05, 0.1) is 0 Å². The second-order valence-electron chi connectivity index (χ2n) is 2.86. The summed E-state index contributed by atoms with van der Waals surface area (Å²) in [5.41, 5.74) is 5.39. The Balaban J connectivity index is 3.19. The molecule has 2 N–H and O–H groups in total. The van der Waals surface area contributed by atoms with Gasteiger partial charge in [-0.25, -0.2) is 13.2 Å². The predicted octanol–water partition coefficient (Wildman–Crippen LogP) is 2.78. The molecule has 0 amide bonds. The molecule has 0 aliphatic carbocycles. The third kappa shape index (κ3) is 2.21. The molecule has 0 aliphatic rings. The van der Waals surface area contributed by atoms with Crippen LogP contribution in [0, 0.1) is 5.82 Å². The summed E-state index contributed by atoms with van der Waals surface area (Å²) in [6.45, 7) is 1.54. The predicted molar refractivity (Wildman–Crippen MR) is 44.0 cm³/mol. The minimum absolute atomic E-state index is 0.162. The quantitative estimate of drug-likeness (QED) is 0.760. The molecular formula is C9H10F3N. The summed E-state index contributed by atoms with van der Waals surface area (Å²) in [4.78, 5) is 0. The first-order valence-electron chi connectivity index (χ1n) is 3.85. The van der Waals surface area contributed by atoms with E-state index in [9.17, 15) is 13.2 Å². The Morgan fingerprint density at radius 3 is 2.31 bits per heavy atom. The van der Waals surface area contributed by atoms with Crippen LogP contribution < -0.4 is 5.73 Å². The maximum atomic E-state index is 12.7. The Morgan fingerprint density at radius 1 is 1.23 bits per heavy atom. The van der Waals surface area contributed by atoms with Gasteiger partial charge in [0.15, 0.2) is 0 Å². The standard InChI is InChI=1S/C9H10F3N/c1-5(13)8-4-6(10)2-3-7(8)9(11)12/h2-5,9H,13H2,1H3/t5-/m0/s1. The lowest BCUT2D eigenvalue weighted by molar-refractivity contribution is 0.149. The van der Waals surface area contributed by atoms with E-state index in [1.54, 1.807) is 6.92 Å². The highest BCUT2D eigenvalue weighted by Crippen LogP contribution is 2.26. The van der Waals surface area contributed by atoms with Gasteiger partial charge in [-0.15, -0.1) is 0 Å². The summed E-state index contributed by atoms with van der Waals surface area (Å²) in [6.07, 6.45) is -2.61. The first kappa shape index (κ1) is 10.1. The minimum Gasteiger partial charge on any atom is -0.324 e. The van der Waals surface area contributed by atoms with Crippen molar-refractivity contribution in [2.24, 2.45) is 5.73 Å². The number of rotatable bonds is 2. The third-order valence-electron chi connectivity index (χ3n) is 1.77. The molecule has 72 valence electrons. The molecule has 1 nitrogen and oxygen atoms in total. The van der Waals surface area contributed by atoms with Crippen LogP contribution in [0.5, 0.6) is 0 Å². The van der Waals surface area contributed by atoms with Crippen molar-refractivity contribution >= 4 is 0 Å². The highest BCUT2D eigenvalue weighted by atomic mass is 19.3. The Labute approximate surface area is 74.4 Å². The largest absolute Gasteiger partial charge is 0.324 e. The topological polar surface area (TPSA) is 26.0 Å². The van der Waals surface area contributed by atoms with Crippen molar-refractivity contribution in [1.82, 2.24) is 0 Å². The molecule has 4 heteroatoms. The van der Waals surface area contributed by atoms with Crippen LogP contribution in [0.3, 0.4) is 0 Å². The lowest BCUT2D eigenvalue weighted by Crippen LogP contribution is -2.09. The number of hydrogen-bond acceptors (Lipinski definition) is 1. The maximum Gasteiger partial charge on any atom is 0.264 e. The van der Waals surface area contributed by atoms with Crippen molar-refractivity contribution in [2.45, 2.75) is 19.4 Å². The fraction of sp³-hybridized carbons (Fsp3) is 0.333. The van der Waals surface area contributed by atoms with Crippen molar-refractivity contribution in [2.75, 3.05) is 0 Å². The van der Waals surface area contributed by atoms with Gasteiger partial charge in [0.25, 0.3) is 6.43 Å². The zero-order chi connectivity index (χ0) is 10.0. The molecule has 0 saturated carbocycles. The molecule has 0 radical (unpaired) electrons. The van der Waals surface area contributed by atoms with E-state index in [4.69, 9.17) is 5.73 Å². The van der Waals surface area contributed by atoms with E-state index in [2.05, 4.69) is 0 Å². The molecule has 0 spiro atoms. The lowest BCUT2D eigenvalue weighted by atomic mass is 10.0. The molecule has 13 heavy (non-hydrogen) atoms. The van der Waals surface area contributed by atoms with Crippen LogP contribution in [0.25, 0.3) is 0 Å². The zero-order valence-corrected chi connectivity index (χ0v) is 7.10. The van der Waals surface area contributed by atoms with Crippen LogP contribution >= 0.6 is 0 Å². The van der Waals surface area contributed by atoms with Crippen LogP contribution in [-0.4, -0.2) is 0 Å². The van der Waals surface area contributed by atoms with Gasteiger partial charge < -0.3 is 5.73 Å². The average Bonchev–Trinajstić information content (AvgIpc) is 2.03. The highest BCUT2D eigenvalue weighted by molar-refractivity contribution is 5.31. The van der Waals surface area contributed by atoms with E-state index in [1.165, 1.54) is 0 Å². The van der Waals surface area contributed by atoms with Crippen molar-refractivity contribution < 1.29 is 13.2 Å². The first-order valence-corrected chi connectivity index (χ1v) is 3.85. The Hall–Kier alpha value is -1.03. The molecule has 0 heterocycles. The first-order chi connectivity index (χ1) is 6.02. The lowest BCUT2D eigenvalue weighted by Gasteiger charge is -2.11. The van der Waals surface area contributed by atoms with Crippen molar-refractivity contribution in [3.63, 3.8) is 0 Å². The highest BCUT2D eigenvalue weighted by Gasteiger charge is 2.15. The van der Waals surface area contributed by atoms with Gasteiger partial charge in [-0.2, -0.15) is 0 Å². The maximum absolute atomic E-state index is 12.7. The van der Waals surface area contributed by atoms with Gasteiger partial charge in [-0.05, 0) is 24.6 Å². The van der Waals surface area contributed by atoms with E-state index < -0.39 is 18.3 Å². The Morgan fingerprint density at radius 2 is 1.85 bits per heavy atom. The van der Waals surface area contributed by atoms with Gasteiger partial charge in [0.1, 0.15) is 5.82 Å². The van der Waals surface area contributed by atoms with Gasteiger partial charge in [-0.1, -0.05) is 6.07 Å². The molecule has 1 rings (SSSR count). The molecule has 0 aliphatic heterocycles. The molecule has 0 bridgehead atoms. The number of alkyl halides is 2. The normalized spacial score (nSPS) is 13.4. The van der Waals surface area contributed by atoms with E-state index >= 15 is 0 Å². The van der Waals surface area contributed by atoms with Gasteiger partial charge in [-0.3, -0.25) is 0 Å². The van der Waals surface area contributed by atoms with Crippen LogP contribution in [0.2, 0.25) is 0 Å². The molecule has 0 unspecified atom stereocenters. The third-order valence-corrected chi connectivity index (χ3v) is 1.77. The summed E-state index contributed by atoms with van der Waals surface area (Å²) < 4.78 is 37.4. The number of nitrogens with two attached hydrogens (primary N) is 1. The molecule has 0 fully saturated rings. The fourth-order valence-corrected chi connectivity index (χ4v) is 1.14. The van der Waals surface area contributed by atoms with Gasteiger partial charge in [0, 0.05) is 11.6 Å². The smallest absolute Gasteiger partial charge is 0.264 e. The molecule has 1 atom stereocenters. The van der Waals surface area contributed by atoms with Crippen molar-refractivity contribution in [1.29, 1.82) is 0 Å². The Bertz CT molecular complexity index is 297. The van der Waals surface area contributed by atoms with Crippen LogP contribution in [0.1, 0.15) is 30.5 Å². The number of halogens is 3. The monoisotopic (exact) mass is 189 g/mol. The summed E-state index contributed by atoms with van der Waals surface area (Å²) in [6, 6.07) is 2.54. The second-order valence-corrected chi connectivity index (χ2v) is 2.86.